The van der Waals surface area contributed by atoms with Crippen LogP contribution in [-0.4, -0.2) is 30.5 Å². The number of amides is 3. The van der Waals surface area contributed by atoms with Gasteiger partial charge in [0.2, 0.25) is 0 Å². The van der Waals surface area contributed by atoms with E-state index < -0.39 is 11.8 Å². The van der Waals surface area contributed by atoms with Gasteiger partial charge in [-0.1, -0.05) is 48.0 Å². The van der Waals surface area contributed by atoms with E-state index in [2.05, 4.69) is 21.2 Å². The summed E-state index contributed by atoms with van der Waals surface area (Å²) >= 11 is 6.03. The molecular formula is C25H23ClN4O4. The first-order valence-corrected chi connectivity index (χ1v) is 10.7. The van der Waals surface area contributed by atoms with E-state index in [1.54, 1.807) is 60.7 Å². The summed E-state index contributed by atoms with van der Waals surface area (Å²) < 4.78 is 5.51. The quantitative estimate of drug-likeness (QED) is 0.270. The second-order valence-corrected chi connectivity index (χ2v) is 7.70. The first-order valence-electron chi connectivity index (χ1n) is 10.3. The van der Waals surface area contributed by atoms with Gasteiger partial charge in [-0.25, -0.2) is 5.43 Å². The topological polar surface area (TPSA) is 109 Å². The van der Waals surface area contributed by atoms with E-state index in [1.165, 1.54) is 6.21 Å². The number of carbonyl (C=O) groups is 3. The van der Waals surface area contributed by atoms with Crippen molar-refractivity contribution in [1.82, 2.24) is 5.43 Å². The second-order valence-electron chi connectivity index (χ2n) is 7.29. The van der Waals surface area contributed by atoms with E-state index in [4.69, 9.17) is 16.3 Å². The van der Waals surface area contributed by atoms with Crippen molar-refractivity contribution in [1.29, 1.82) is 0 Å². The zero-order valence-electron chi connectivity index (χ0n) is 18.6. The van der Waals surface area contributed by atoms with Crippen LogP contribution in [0.15, 0.2) is 71.8 Å². The van der Waals surface area contributed by atoms with E-state index in [9.17, 15) is 14.4 Å². The molecule has 0 atom stereocenters. The highest BCUT2D eigenvalue weighted by molar-refractivity contribution is 6.39. The molecule has 0 fully saturated rings. The van der Waals surface area contributed by atoms with Crippen molar-refractivity contribution in [3.8, 4) is 5.75 Å². The summed E-state index contributed by atoms with van der Waals surface area (Å²) in [5.41, 5.74) is 5.72. The monoisotopic (exact) mass is 478 g/mol. The van der Waals surface area contributed by atoms with Crippen LogP contribution < -0.4 is 20.8 Å². The number of ether oxygens (including phenoxy) is 1. The summed E-state index contributed by atoms with van der Waals surface area (Å²) in [5.74, 6) is -1.67. The van der Waals surface area contributed by atoms with Crippen molar-refractivity contribution in [3.63, 3.8) is 0 Å². The molecule has 0 saturated carbocycles. The maximum absolute atomic E-state index is 12.1. The van der Waals surface area contributed by atoms with Crippen molar-refractivity contribution < 1.29 is 19.1 Å². The van der Waals surface area contributed by atoms with Gasteiger partial charge in [0, 0.05) is 5.69 Å². The second kappa shape index (κ2) is 11.6. The Bertz CT molecular complexity index is 1240. The van der Waals surface area contributed by atoms with Gasteiger partial charge in [-0.3, -0.25) is 14.4 Å². The Balaban J connectivity index is 1.50. The number of rotatable bonds is 7. The lowest BCUT2D eigenvalue weighted by Crippen LogP contribution is -2.32. The van der Waals surface area contributed by atoms with Crippen LogP contribution in [0.1, 0.15) is 16.7 Å². The molecule has 3 aromatic rings. The van der Waals surface area contributed by atoms with Crippen LogP contribution in [0, 0.1) is 13.8 Å². The fourth-order valence-corrected chi connectivity index (χ4v) is 3.05. The average molecular weight is 479 g/mol. The number of nitrogens with one attached hydrogen (secondary N) is 3. The van der Waals surface area contributed by atoms with Crippen molar-refractivity contribution in [2.24, 2.45) is 5.10 Å². The molecule has 0 radical (unpaired) electrons. The third-order valence-electron chi connectivity index (χ3n) is 4.81. The Labute approximate surface area is 202 Å². The SMILES string of the molecule is Cc1cccc(NC(=O)C(=O)N/N=C\c2cccc(OCC(=O)Nc3ccccc3Cl)c2)c1C. The molecule has 0 heterocycles. The predicted molar refractivity (Wildman–Crippen MR) is 132 cm³/mol. The maximum atomic E-state index is 12.1. The Morgan fingerprint density at radius 3 is 2.44 bits per heavy atom. The molecule has 0 aromatic heterocycles. The van der Waals surface area contributed by atoms with Gasteiger partial charge >= 0.3 is 11.8 Å². The minimum Gasteiger partial charge on any atom is -0.484 e. The number of carbonyl (C=O) groups excluding carboxylic acids is 3. The van der Waals surface area contributed by atoms with E-state index in [0.29, 0.717) is 27.7 Å². The third-order valence-corrected chi connectivity index (χ3v) is 5.14. The molecule has 3 rings (SSSR count). The van der Waals surface area contributed by atoms with Crippen LogP contribution in [0.2, 0.25) is 5.02 Å². The van der Waals surface area contributed by atoms with E-state index in [1.807, 2.05) is 19.9 Å². The summed E-state index contributed by atoms with van der Waals surface area (Å²) in [5, 5.41) is 9.47. The summed E-state index contributed by atoms with van der Waals surface area (Å²) in [6, 6.07) is 19.1. The highest BCUT2D eigenvalue weighted by atomic mass is 35.5. The highest BCUT2D eigenvalue weighted by Gasteiger charge is 2.14. The Kier molecular flexibility index (Phi) is 8.37. The number of aryl methyl sites for hydroxylation is 1. The molecule has 8 nitrogen and oxygen atoms in total. The fourth-order valence-electron chi connectivity index (χ4n) is 2.86. The van der Waals surface area contributed by atoms with Crippen molar-refractivity contribution in [2.45, 2.75) is 13.8 Å². The van der Waals surface area contributed by atoms with Crippen molar-refractivity contribution >= 4 is 46.9 Å². The molecule has 3 amide bonds. The Morgan fingerprint density at radius 2 is 1.65 bits per heavy atom. The van der Waals surface area contributed by atoms with Gasteiger partial charge in [-0.2, -0.15) is 5.10 Å². The molecular weight excluding hydrogens is 456 g/mol. The Hall–Kier alpha value is -4.17. The summed E-state index contributed by atoms with van der Waals surface area (Å²) in [7, 11) is 0. The number of nitrogens with zero attached hydrogens (tertiary/aromatic N) is 1. The molecule has 34 heavy (non-hydrogen) atoms. The smallest absolute Gasteiger partial charge is 0.329 e. The molecule has 0 spiro atoms. The van der Waals surface area contributed by atoms with E-state index in [0.717, 1.165) is 11.1 Å². The molecule has 3 N–H and O–H groups in total. The zero-order valence-corrected chi connectivity index (χ0v) is 19.3. The summed E-state index contributed by atoms with van der Waals surface area (Å²) in [4.78, 5) is 36.2. The van der Waals surface area contributed by atoms with Crippen LogP contribution in [0.4, 0.5) is 11.4 Å². The number of para-hydroxylation sites is 1. The zero-order chi connectivity index (χ0) is 24.5. The van der Waals surface area contributed by atoms with E-state index in [-0.39, 0.29) is 12.5 Å². The lowest BCUT2D eigenvalue weighted by Gasteiger charge is -2.09. The molecule has 9 heteroatoms. The molecule has 174 valence electrons. The van der Waals surface area contributed by atoms with Crippen LogP contribution in [-0.2, 0) is 14.4 Å². The van der Waals surface area contributed by atoms with Crippen LogP contribution in [0.5, 0.6) is 5.75 Å². The van der Waals surface area contributed by atoms with Crippen molar-refractivity contribution in [2.75, 3.05) is 17.2 Å². The van der Waals surface area contributed by atoms with Gasteiger partial charge in [0.25, 0.3) is 5.91 Å². The average Bonchev–Trinajstić information content (AvgIpc) is 2.82. The van der Waals surface area contributed by atoms with Gasteiger partial charge < -0.3 is 15.4 Å². The molecule has 0 aliphatic carbocycles. The largest absolute Gasteiger partial charge is 0.484 e. The van der Waals surface area contributed by atoms with Gasteiger partial charge in [-0.15, -0.1) is 0 Å². The number of hydrogen-bond donors (Lipinski definition) is 3. The van der Waals surface area contributed by atoms with Crippen LogP contribution in [0.3, 0.4) is 0 Å². The molecule has 0 aliphatic heterocycles. The summed E-state index contributed by atoms with van der Waals surface area (Å²) in [6.07, 6.45) is 1.36. The molecule has 0 bridgehead atoms. The summed E-state index contributed by atoms with van der Waals surface area (Å²) in [6.45, 7) is 3.55. The standard InChI is InChI=1S/C25H23ClN4O4/c1-16-7-5-12-21(17(16)2)29-24(32)25(33)30-27-14-18-8-6-9-19(13-18)34-15-23(31)28-22-11-4-3-10-20(22)26/h3-14H,15H2,1-2H3,(H,28,31)(H,29,32)(H,30,33)/b27-14-. The first kappa shape index (κ1) is 24.5. The van der Waals surface area contributed by atoms with E-state index >= 15 is 0 Å². The van der Waals surface area contributed by atoms with Gasteiger partial charge in [0.1, 0.15) is 5.75 Å². The van der Waals surface area contributed by atoms with Gasteiger partial charge in [0.15, 0.2) is 6.61 Å². The van der Waals surface area contributed by atoms with Crippen LogP contribution >= 0.6 is 11.6 Å². The molecule has 0 aliphatic rings. The predicted octanol–water partition coefficient (Wildman–Crippen LogP) is 4.06. The minimum absolute atomic E-state index is 0.221. The number of hydrazone groups is 1. The normalized spacial score (nSPS) is 10.6. The number of benzene rings is 3. The van der Waals surface area contributed by atoms with Gasteiger partial charge in [0.05, 0.1) is 16.9 Å². The van der Waals surface area contributed by atoms with Crippen molar-refractivity contribution in [3.05, 3.63) is 88.4 Å². The highest BCUT2D eigenvalue weighted by Crippen LogP contribution is 2.20. The number of halogens is 1. The lowest BCUT2D eigenvalue weighted by molar-refractivity contribution is -0.136. The number of hydrogen-bond acceptors (Lipinski definition) is 5. The maximum Gasteiger partial charge on any atom is 0.329 e. The molecule has 0 saturated heterocycles. The fraction of sp³-hybridized carbons (Fsp3) is 0.120. The molecule has 3 aromatic carbocycles. The minimum atomic E-state index is -0.902. The molecule has 0 unspecified atom stereocenters. The lowest BCUT2D eigenvalue weighted by atomic mass is 10.1. The Morgan fingerprint density at radius 1 is 0.912 bits per heavy atom. The third kappa shape index (κ3) is 6.91. The van der Waals surface area contributed by atoms with Crippen LogP contribution in [0.25, 0.3) is 0 Å². The first-order chi connectivity index (χ1) is 16.3. The van der Waals surface area contributed by atoms with Gasteiger partial charge in [-0.05, 0) is 60.9 Å². The number of anilines is 2.